The number of hydrogen-bond donors (Lipinski definition) is 1. The molecule has 1 fully saturated rings. The van der Waals surface area contributed by atoms with Gasteiger partial charge in [-0.15, -0.1) is 0 Å². The first kappa shape index (κ1) is 19.6. The fourth-order valence-corrected chi connectivity index (χ4v) is 3.68. The molecule has 0 atom stereocenters. The van der Waals surface area contributed by atoms with Crippen molar-refractivity contribution in [2.45, 2.75) is 19.4 Å². The molecule has 1 aliphatic heterocycles. The second-order valence-corrected chi connectivity index (χ2v) is 7.16. The lowest BCUT2D eigenvalue weighted by molar-refractivity contribution is -0.116. The number of para-hydroxylation sites is 1. The summed E-state index contributed by atoms with van der Waals surface area (Å²) in [6.45, 7) is 1.58. The molecule has 3 aromatic rings. The molecule has 1 N–H and O–H groups in total. The van der Waals surface area contributed by atoms with E-state index in [2.05, 4.69) is 15.2 Å². The number of benzene rings is 2. The van der Waals surface area contributed by atoms with E-state index in [-0.39, 0.29) is 18.0 Å². The number of amides is 1. The number of carbonyl (C=O) groups is 2. The lowest BCUT2D eigenvalue weighted by atomic mass is 10.1. The Labute approximate surface area is 173 Å². The van der Waals surface area contributed by atoms with E-state index in [0.29, 0.717) is 22.2 Å². The Bertz CT molecular complexity index is 1170. The minimum Gasteiger partial charge on any atom is -0.465 e. The zero-order valence-corrected chi connectivity index (χ0v) is 16.6. The van der Waals surface area contributed by atoms with Crippen LogP contribution in [0.15, 0.2) is 53.6 Å². The van der Waals surface area contributed by atoms with E-state index in [1.54, 1.807) is 36.4 Å². The summed E-state index contributed by atoms with van der Waals surface area (Å²) in [6, 6.07) is 12.1. The Morgan fingerprint density at radius 2 is 1.90 bits per heavy atom. The van der Waals surface area contributed by atoms with Gasteiger partial charge in [0.1, 0.15) is 6.54 Å². The van der Waals surface area contributed by atoms with E-state index in [9.17, 15) is 14.4 Å². The number of methoxy groups -OCH3 is 1. The molecule has 154 valence electrons. The summed E-state index contributed by atoms with van der Waals surface area (Å²) in [7, 11) is 1.31. The van der Waals surface area contributed by atoms with Crippen molar-refractivity contribution in [1.29, 1.82) is 0 Å². The van der Waals surface area contributed by atoms with Gasteiger partial charge in [-0.25, -0.2) is 9.78 Å². The highest BCUT2D eigenvalue weighted by atomic mass is 16.5. The van der Waals surface area contributed by atoms with Gasteiger partial charge in [0.05, 0.1) is 41.3 Å². The summed E-state index contributed by atoms with van der Waals surface area (Å²) in [6.07, 6.45) is 3.52. The summed E-state index contributed by atoms with van der Waals surface area (Å²) in [5.41, 5.74) is 2.02. The van der Waals surface area contributed by atoms with Gasteiger partial charge in [0.2, 0.25) is 5.91 Å². The molecular formula is C22H22N4O4. The molecule has 8 nitrogen and oxygen atoms in total. The third-order valence-electron chi connectivity index (χ3n) is 5.18. The molecule has 1 amide bonds. The van der Waals surface area contributed by atoms with Gasteiger partial charge >= 0.3 is 5.97 Å². The van der Waals surface area contributed by atoms with E-state index < -0.39 is 5.97 Å². The average Bonchev–Trinajstić information content (AvgIpc) is 3.30. The van der Waals surface area contributed by atoms with Crippen LogP contribution in [0.5, 0.6) is 0 Å². The molecule has 8 heteroatoms. The first-order chi connectivity index (χ1) is 14.6. The molecule has 4 rings (SSSR count). The smallest absolute Gasteiger partial charge is 0.337 e. The summed E-state index contributed by atoms with van der Waals surface area (Å²) >= 11 is 0. The molecule has 1 saturated heterocycles. The minimum atomic E-state index is -0.478. The molecule has 0 saturated carbocycles. The predicted octanol–water partition coefficient (Wildman–Crippen LogP) is 2.42. The van der Waals surface area contributed by atoms with Crippen molar-refractivity contribution in [3.05, 3.63) is 64.7 Å². The third kappa shape index (κ3) is 3.89. The quantitative estimate of drug-likeness (QED) is 0.654. The number of carbonyl (C=O) groups excluding carboxylic acids is 2. The maximum Gasteiger partial charge on any atom is 0.337 e. The zero-order valence-electron chi connectivity index (χ0n) is 16.6. The fourth-order valence-electron chi connectivity index (χ4n) is 3.68. The van der Waals surface area contributed by atoms with Crippen LogP contribution in [0.4, 0.5) is 11.4 Å². The van der Waals surface area contributed by atoms with Crippen molar-refractivity contribution < 1.29 is 14.3 Å². The van der Waals surface area contributed by atoms with Gasteiger partial charge < -0.3 is 15.0 Å². The Morgan fingerprint density at radius 1 is 1.13 bits per heavy atom. The van der Waals surface area contributed by atoms with Crippen LogP contribution in [0.1, 0.15) is 23.2 Å². The average molecular weight is 406 g/mol. The van der Waals surface area contributed by atoms with E-state index in [4.69, 9.17) is 4.74 Å². The maximum atomic E-state index is 12.8. The molecule has 0 radical (unpaired) electrons. The minimum absolute atomic E-state index is 0.182. The van der Waals surface area contributed by atoms with Crippen LogP contribution in [0.3, 0.4) is 0 Å². The lowest BCUT2D eigenvalue weighted by Crippen LogP contribution is -2.29. The van der Waals surface area contributed by atoms with Gasteiger partial charge in [-0.1, -0.05) is 12.1 Å². The number of hydrogen-bond acceptors (Lipinski definition) is 6. The molecule has 0 spiro atoms. The number of anilines is 2. The normalized spacial score (nSPS) is 13.4. The zero-order chi connectivity index (χ0) is 21.1. The molecule has 30 heavy (non-hydrogen) atoms. The number of nitrogens with one attached hydrogen (secondary N) is 1. The van der Waals surface area contributed by atoms with Crippen molar-refractivity contribution in [1.82, 2.24) is 9.55 Å². The Balaban J connectivity index is 1.61. The van der Waals surface area contributed by atoms with E-state index in [0.717, 1.165) is 31.6 Å². The van der Waals surface area contributed by atoms with E-state index in [1.807, 2.05) is 6.07 Å². The van der Waals surface area contributed by atoms with Crippen molar-refractivity contribution >= 4 is 34.2 Å². The molecule has 0 unspecified atom stereocenters. The molecule has 0 bridgehead atoms. The largest absolute Gasteiger partial charge is 0.465 e. The topological polar surface area (TPSA) is 93.5 Å². The van der Waals surface area contributed by atoms with Crippen LogP contribution in [-0.4, -0.2) is 41.6 Å². The van der Waals surface area contributed by atoms with E-state index >= 15 is 0 Å². The highest BCUT2D eigenvalue weighted by molar-refractivity contribution is 5.98. The van der Waals surface area contributed by atoms with Gasteiger partial charge in [-0.05, 0) is 43.2 Å². The van der Waals surface area contributed by atoms with E-state index in [1.165, 1.54) is 18.0 Å². The van der Waals surface area contributed by atoms with Gasteiger partial charge in [-0.2, -0.15) is 0 Å². The monoisotopic (exact) mass is 406 g/mol. The van der Waals surface area contributed by atoms with Crippen LogP contribution in [0, 0.1) is 0 Å². The maximum absolute atomic E-state index is 12.8. The highest BCUT2D eigenvalue weighted by Gasteiger charge is 2.19. The molecular weight excluding hydrogens is 384 g/mol. The third-order valence-corrected chi connectivity index (χ3v) is 5.18. The van der Waals surface area contributed by atoms with Crippen LogP contribution in [0.25, 0.3) is 10.9 Å². The van der Waals surface area contributed by atoms with Crippen LogP contribution >= 0.6 is 0 Å². The molecule has 1 aromatic heterocycles. The van der Waals surface area contributed by atoms with Gasteiger partial charge in [0, 0.05) is 13.1 Å². The Hall–Kier alpha value is -3.68. The second-order valence-electron chi connectivity index (χ2n) is 7.16. The summed E-state index contributed by atoms with van der Waals surface area (Å²) in [5.74, 6) is -0.856. The molecule has 2 aromatic carbocycles. The Morgan fingerprint density at radius 3 is 2.67 bits per heavy atom. The van der Waals surface area contributed by atoms with Crippen molar-refractivity contribution in [2.24, 2.45) is 0 Å². The second kappa shape index (κ2) is 8.36. The van der Waals surface area contributed by atoms with Gasteiger partial charge in [0.15, 0.2) is 0 Å². The first-order valence-corrected chi connectivity index (χ1v) is 9.78. The standard InChI is InChI=1S/C22H22N4O4/c1-30-22(29)15-8-9-19(25-10-4-5-11-25)18(12-15)24-20(27)13-26-14-23-17-7-3-2-6-16(17)21(26)28/h2-3,6-9,12,14H,4-5,10-11,13H2,1H3,(H,24,27). The summed E-state index contributed by atoms with van der Waals surface area (Å²) in [5, 5.41) is 3.31. The van der Waals surface area contributed by atoms with Crippen LogP contribution in [-0.2, 0) is 16.1 Å². The Kier molecular flexibility index (Phi) is 5.47. The van der Waals surface area contributed by atoms with Crippen molar-refractivity contribution in [3.8, 4) is 0 Å². The lowest BCUT2D eigenvalue weighted by Gasteiger charge is -2.22. The number of esters is 1. The number of rotatable bonds is 5. The molecule has 0 aliphatic carbocycles. The first-order valence-electron chi connectivity index (χ1n) is 9.78. The van der Waals surface area contributed by atoms with Crippen LogP contribution < -0.4 is 15.8 Å². The molecule has 2 heterocycles. The SMILES string of the molecule is COC(=O)c1ccc(N2CCCC2)c(NC(=O)Cn2cnc3ccccc3c2=O)c1. The molecule has 1 aliphatic rings. The van der Waals surface area contributed by atoms with Gasteiger partial charge in [-0.3, -0.25) is 14.2 Å². The number of ether oxygens (including phenoxy) is 1. The van der Waals surface area contributed by atoms with Crippen molar-refractivity contribution in [2.75, 3.05) is 30.4 Å². The van der Waals surface area contributed by atoms with Crippen molar-refractivity contribution in [3.63, 3.8) is 0 Å². The predicted molar refractivity (Wildman–Crippen MR) is 114 cm³/mol. The number of fused-ring (bicyclic) bond motifs is 1. The summed E-state index contributed by atoms with van der Waals surface area (Å²) in [4.78, 5) is 43.8. The van der Waals surface area contributed by atoms with Crippen LogP contribution in [0.2, 0.25) is 0 Å². The fraction of sp³-hybridized carbons (Fsp3) is 0.273. The number of nitrogens with zero attached hydrogens (tertiary/aromatic N) is 3. The highest BCUT2D eigenvalue weighted by Crippen LogP contribution is 2.30. The summed E-state index contributed by atoms with van der Waals surface area (Å²) < 4.78 is 6.07. The van der Waals surface area contributed by atoms with Gasteiger partial charge in [0.25, 0.3) is 5.56 Å². The number of aromatic nitrogens is 2.